The Kier molecular flexibility index (Phi) is 9.02. The molecule has 18 heavy (non-hydrogen) atoms. The summed E-state index contributed by atoms with van der Waals surface area (Å²) >= 11 is 0. The van der Waals surface area contributed by atoms with Crippen molar-refractivity contribution in [2.24, 2.45) is 0 Å². The first-order valence-corrected chi connectivity index (χ1v) is 7.11. The molecule has 2 atom stereocenters. The van der Waals surface area contributed by atoms with Crippen LogP contribution in [-0.2, 0) is 4.79 Å². The largest absolute Gasteiger partial charge is 0.352 e. The highest BCUT2D eigenvalue weighted by atomic mass is 16.2. The van der Waals surface area contributed by atoms with Gasteiger partial charge in [-0.05, 0) is 53.8 Å². The Bertz CT molecular complexity index is 227. The predicted molar refractivity (Wildman–Crippen MR) is 77.7 cm³/mol. The van der Waals surface area contributed by atoms with Gasteiger partial charge in [0.15, 0.2) is 0 Å². The lowest BCUT2D eigenvalue weighted by Gasteiger charge is -2.23. The second-order valence-electron chi connectivity index (χ2n) is 5.40. The summed E-state index contributed by atoms with van der Waals surface area (Å²) < 4.78 is 0. The normalized spacial score (nSPS) is 14.9. The number of carbonyl (C=O) groups excluding carboxylic acids is 1. The maximum absolute atomic E-state index is 12.0. The van der Waals surface area contributed by atoms with E-state index >= 15 is 0 Å². The number of nitrogens with zero attached hydrogens (tertiary/aromatic N) is 1. The first-order valence-electron chi connectivity index (χ1n) is 7.11. The summed E-state index contributed by atoms with van der Waals surface area (Å²) in [5.74, 6) is 0.111. The van der Waals surface area contributed by atoms with Gasteiger partial charge in [-0.3, -0.25) is 4.79 Å². The molecule has 1 amide bonds. The third kappa shape index (κ3) is 7.67. The fourth-order valence-corrected chi connectivity index (χ4v) is 1.86. The van der Waals surface area contributed by atoms with E-state index in [2.05, 4.69) is 50.4 Å². The highest BCUT2D eigenvalue weighted by Crippen LogP contribution is 1.99. The van der Waals surface area contributed by atoms with Crippen molar-refractivity contribution in [1.29, 1.82) is 0 Å². The zero-order valence-electron chi connectivity index (χ0n) is 12.9. The van der Waals surface area contributed by atoms with Crippen LogP contribution in [0.15, 0.2) is 0 Å². The molecule has 0 aliphatic carbocycles. The molecular weight excluding hydrogens is 226 g/mol. The van der Waals surface area contributed by atoms with Crippen LogP contribution >= 0.6 is 0 Å². The highest BCUT2D eigenvalue weighted by molar-refractivity contribution is 5.81. The van der Waals surface area contributed by atoms with Crippen LogP contribution in [0.5, 0.6) is 0 Å². The number of hydrogen-bond acceptors (Lipinski definition) is 3. The number of amides is 1. The van der Waals surface area contributed by atoms with Gasteiger partial charge in [-0.1, -0.05) is 13.8 Å². The van der Waals surface area contributed by atoms with E-state index in [0.717, 1.165) is 25.8 Å². The SMILES string of the molecule is CCC(CC)NC(=O)C(C)NC(C)CCN(C)C. The summed E-state index contributed by atoms with van der Waals surface area (Å²) in [6, 6.07) is 0.538. The Labute approximate surface area is 113 Å². The molecule has 108 valence electrons. The predicted octanol–water partition coefficient (Wildman–Crippen LogP) is 1.61. The van der Waals surface area contributed by atoms with Gasteiger partial charge < -0.3 is 15.5 Å². The van der Waals surface area contributed by atoms with E-state index in [0.29, 0.717) is 12.1 Å². The van der Waals surface area contributed by atoms with Crippen LogP contribution in [0.4, 0.5) is 0 Å². The average Bonchev–Trinajstić information content (AvgIpc) is 2.32. The van der Waals surface area contributed by atoms with Crippen LogP contribution < -0.4 is 10.6 Å². The van der Waals surface area contributed by atoms with Crippen molar-refractivity contribution in [2.75, 3.05) is 20.6 Å². The van der Waals surface area contributed by atoms with Gasteiger partial charge in [0.05, 0.1) is 6.04 Å². The van der Waals surface area contributed by atoms with E-state index in [4.69, 9.17) is 0 Å². The molecule has 0 saturated carbocycles. The molecule has 4 nitrogen and oxygen atoms in total. The third-order valence-electron chi connectivity index (χ3n) is 3.27. The number of hydrogen-bond donors (Lipinski definition) is 2. The standard InChI is InChI=1S/C14H31N3O/c1-7-13(8-2)16-14(18)12(4)15-11(3)9-10-17(5)6/h11-13,15H,7-10H2,1-6H3,(H,16,18). The van der Waals surface area contributed by atoms with Crippen LogP contribution in [0, 0.1) is 0 Å². The van der Waals surface area contributed by atoms with E-state index in [1.54, 1.807) is 0 Å². The minimum absolute atomic E-state index is 0.111. The molecule has 0 fully saturated rings. The molecule has 0 aromatic rings. The molecule has 0 aromatic carbocycles. The van der Waals surface area contributed by atoms with Gasteiger partial charge in [0.1, 0.15) is 0 Å². The Balaban J connectivity index is 3.99. The van der Waals surface area contributed by atoms with E-state index in [1.165, 1.54) is 0 Å². The fraction of sp³-hybridized carbons (Fsp3) is 0.929. The van der Waals surface area contributed by atoms with Gasteiger partial charge in [-0.2, -0.15) is 0 Å². The van der Waals surface area contributed by atoms with Crippen molar-refractivity contribution in [2.45, 2.75) is 65.1 Å². The Hall–Kier alpha value is -0.610. The molecule has 0 heterocycles. The zero-order chi connectivity index (χ0) is 14.1. The third-order valence-corrected chi connectivity index (χ3v) is 3.27. The lowest BCUT2D eigenvalue weighted by atomic mass is 10.1. The summed E-state index contributed by atoms with van der Waals surface area (Å²) in [5, 5.41) is 6.42. The topological polar surface area (TPSA) is 44.4 Å². The van der Waals surface area contributed by atoms with Crippen molar-refractivity contribution in [3.63, 3.8) is 0 Å². The molecule has 0 aliphatic rings. The Morgan fingerprint density at radius 3 is 2.17 bits per heavy atom. The lowest BCUT2D eigenvalue weighted by Crippen LogP contribution is -2.48. The summed E-state index contributed by atoms with van der Waals surface area (Å²) in [7, 11) is 4.13. The Morgan fingerprint density at radius 2 is 1.72 bits per heavy atom. The summed E-state index contributed by atoms with van der Waals surface area (Å²) in [6.07, 6.45) is 3.03. The molecule has 0 rings (SSSR count). The van der Waals surface area contributed by atoms with Crippen LogP contribution in [-0.4, -0.2) is 49.6 Å². The summed E-state index contributed by atoms with van der Waals surface area (Å²) in [5.41, 5.74) is 0. The van der Waals surface area contributed by atoms with Crippen LogP contribution in [0.3, 0.4) is 0 Å². The van der Waals surface area contributed by atoms with E-state index in [9.17, 15) is 4.79 Å². The summed E-state index contributed by atoms with van der Waals surface area (Å²) in [6.45, 7) is 9.31. The highest BCUT2D eigenvalue weighted by Gasteiger charge is 2.17. The van der Waals surface area contributed by atoms with E-state index in [1.807, 2.05) is 6.92 Å². The molecule has 0 spiro atoms. The smallest absolute Gasteiger partial charge is 0.237 e. The van der Waals surface area contributed by atoms with Gasteiger partial charge in [-0.15, -0.1) is 0 Å². The number of carbonyl (C=O) groups is 1. The average molecular weight is 257 g/mol. The van der Waals surface area contributed by atoms with Gasteiger partial charge in [-0.25, -0.2) is 0 Å². The molecule has 2 unspecified atom stereocenters. The van der Waals surface area contributed by atoms with Crippen molar-refractivity contribution in [3.05, 3.63) is 0 Å². The van der Waals surface area contributed by atoms with Crippen LogP contribution in [0.1, 0.15) is 47.0 Å². The Morgan fingerprint density at radius 1 is 1.17 bits per heavy atom. The molecule has 0 aromatic heterocycles. The summed E-state index contributed by atoms with van der Waals surface area (Å²) in [4.78, 5) is 14.1. The minimum atomic E-state index is -0.122. The molecule has 2 N–H and O–H groups in total. The molecule has 0 bridgehead atoms. The molecular formula is C14H31N3O. The molecule has 0 saturated heterocycles. The van der Waals surface area contributed by atoms with Gasteiger partial charge in [0.25, 0.3) is 0 Å². The minimum Gasteiger partial charge on any atom is -0.352 e. The van der Waals surface area contributed by atoms with Crippen molar-refractivity contribution < 1.29 is 4.79 Å². The zero-order valence-corrected chi connectivity index (χ0v) is 12.9. The first-order chi connectivity index (χ1) is 8.40. The van der Waals surface area contributed by atoms with Gasteiger partial charge >= 0.3 is 0 Å². The second-order valence-corrected chi connectivity index (χ2v) is 5.40. The first kappa shape index (κ1) is 17.4. The van der Waals surface area contributed by atoms with Gasteiger partial charge in [0.2, 0.25) is 5.91 Å². The molecule has 4 heteroatoms. The number of nitrogens with one attached hydrogen (secondary N) is 2. The fourth-order valence-electron chi connectivity index (χ4n) is 1.86. The van der Waals surface area contributed by atoms with E-state index in [-0.39, 0.29) is 11.9 Å². The number of rotatable bonds is 9. The second kappa shape index (κ2) is 9.34. The maximum Gasteiger partial charge on any atom is 0.237 e. The quantitative estimate of drug-likeness (QED) is 0.659. The monoisotopic (exact) mass is 257 g/mol. The molecule has 0 radical (unpaired) electrons. The van der Waals surface area contributed by atoms with Crippen molar-refractivity contribution in [3.8, 4) is 0 Å². The van der Waals surface area contributed by atoms with Crippen molar-refractivity contribution in [1.82, 2.24) is 15.5 Å². The maximum atomic E-state index is 12.0. The van der Waals surface area contributed by atoms with E-state index < -0.39 is 0 Å². The van der Waals surface area contributed by atoms with Gasteiger partial charge in [0, 0.05) is 12.1 Å². The lowest BCUT2D eigenvalue weighted by molar-refractivity contribution is -0.123. The van der Waals surface area contributed by atoms with Crippen LogP contribution in [0.25, 0.3) is 0 Å². The molecule has 0 aliphatic heterocycles. The van der Waals surface area contributed by atoms with Crippen LogP contribution in [0.2, 0.25) is 0 Å². The van der Waals surface area contributed by atoms with Crippen molar-refractivity contribution >= 4 is 5.91 Å².